The Morgan fingerprint density at radius 2 is 1.95 bits per heavy atom. The summed E-state index contributed by atoms with van der Waals surface area (Å²) in [6.45, 7) is 2.80. The minimum Gasteiger partial charge on any atom is -0.378 e. The molecule has 0 aromatic carbocycles. The van der Waals surface area contributed by atoms with Gasteiger partial charge >= 0.3 is 0 Å². The van der Waals surface area contributed by atoms with Gasteiger partial charge in [0, 0.05) is 25.1 Å². The summed E-state index contributed by atoms with van der Waals surface area (Å²) in [4.78, 5) is 14.4. The number of ether oxygens (including phenoxy) is 1. The van der Waals surface area contributed by atoms with Gasteiger partial charge in [-0.25, -0.2) is 0 Å². The largest absolute Gasteiger partial charge is 0.378 e. The summed E-state index contributed by atoms with van der Waals surface area (Å²) in [5, 5.41) is 0. The van der Waals surface area contributed by atoms with E-state index in [1.807, 2.05) is 18.9 Å². The van der Waals surface area contributed by atoms with Crippen molar-refractivity contribution in [1.29, 1.82) is 0 Å². The van der Waals surface area contributed by atoms with Crippen molar-refractivity contribution in [3.63, 3.8) is 0 Å². The molecule has 3 rings (SSSR count). The van der Waals surface area contributed by atoms with E-state index < -0.39 is 4.33 Å². The molecule has 1 amide bonds. The molecule has 0 heterocycles. The maximum atomic E-state index is 12.5. The van der Waals surface area contributed by atoms with E-state index in [1.165, 1.54) is 25.7 Å². The summed E-state index contributed by atoms with van der Waals surface area (Å²) in [7, 11) is 1.91. The van der Waals surface area contributed by atoms with Gasteiger partial charge in [0.05, 0.1) is 12.0 Å². The van der Waals surface area contributed by atoms with Crippen LogP contribution in [0.15, 0.2) is 0 Å². The van der Waals surface area contributed by atoms with Crippen LogP contribution in [-0.4, -0.2) is 40.9 Å². The van der Waals surface area contributed by atoms with Gasteiger partial charge in [-0.05, 0) is 32.6 Å². The van der Waals surface area contributed by atoms with Crippen LogP contribution in [0.1, 0.15) is 45.4 Å². The molecule has 0 unspecified atom stereocenters. The molecule has 0 radical (unpaired) electrons. The van der Waals surface area contributed by atoms with Gasteiger partial charge in [0.1, 0.15) is 4.33 Å². The molecule has 3 atom stereocenters. The third-order valence-electron chi connectivity index (χ3n) is 5.58. The Morgan fingerprint density at radius 1 is 1.35 bits per heavy atom. The van der Waals surface area contributed by atoms with Crippen LogP contribution in [0.4, 0.5) is 0 Å². The second kappa shape index (κ2) is 5.03. The second-order valence-electron chi connectivity index (χ2n) is 6.60. The number of hydrogen-bond donors (Lipinski definition) is 0. The number of amides is 1. The smallest absolute Gasteiger partial charge is 0.228 e. The van der Waals surface area contributed by atoms with E-state index in [4.69, 9.17) is 27.9 Å². The lowest BCUT2D eigenvalue weighted by Gasteiger charge is -2.57. The Kier molecular flexibility index (Phi) is 3.75. The standard InChI is InChI=1S/C15H23Cl2NO2/c1-3-20-12-8-11(14(12)6-4-5-7-14)18(2)13(19)10-9-15(10,16)17/h10-12H,3-9H2,1-2H3/t10-,11-,12-/m1/s1. The normalized spacial score (nSPS) is 36.7. The highest BCUT2D eigenvalue weighted by Gasteiger charge is 2.62. The number of carbonyl (C=O) groups excluding carboxylic acids is 1. The minimum absolute atomic E-state index is 0.112. The van der Waals surface area contributed by atoms with E-state index in [-0.39, 0.29) is 17.2 Å². The summed E-state index contributed by atoms with van der Waals surface area (Å²) in [5.74, 6) is -0.0957. The third-order valence-corrected chi connectivity index (χ3v) is 6.42. The zero-order chi connectivity index (χ0) is 14.5. The second-order valence-corrected chi connectivity index (χ2v) is 8.15. The van der Waals surface area contributed by atoms with Gasteiger partial charge in [-0.2, -0.15) is 0 Å². The van der Waals surface area contributed by atoms with Crippen LogP contribution in [0.3, 0.4) is 0 Å². The van der Waals surface area contributed by atoms with Crippen molar-refractivity contribution in [3.05, 3.63) is 0 Å². The lowest BCUT2D eigenvalue weighted by molar-refractivity contribution is -0.173. The lowest BCUT2D eigenvalue weighted by atomic mass is 9.60. The van der Waals surface area contributed by atoms with Crippen molar-refractivity contribution in [2.45, 2.75) is 61.9 Å². The first-order chi connectivity index (χ1) is 9.42. The number of rotatable bonds is 4. The zero-order valence-electron chi connectivity index (χ0n) is 12.2. The van der Waals surface area contributed by atoms with Gasteiger partial charge in [0.15, 0.2) is 0 Å². The van der Waals surface area contributed by atoms with Crippen LogP contribution in [0.25, 0.3) is 0 Å². The van der Waals surface area contributed by atoms with Crippen LogP contribution in [0.2, 0.25) is 0 Å². The Morgan fingerprint density at radius 3 is 2.45 bits per heavy atom. The van der Waals surface area contributed by atoms with Crippen LogP contribution in [0.5, 0.6) is 0 Å². The summed E-state index contributed by atoms with van der Waals surface area (Å²) >= 11 is 12.1. The first-order valence-electron chi connectivity index (χ1n) is 7.68. The molecule has 5 heteroatoms. The molecular formula is C15H23Cl2NO2. The van der Waals surface area contributed by atoms with Crippen LogP contribution >= 0.6 is 23.2 Å². The quantitative estimate of drug-likeness (QED) is 0.743. The number of alkyl halides is 2. The maximum Gasteiger partial charge on any atom is 0.228 e. The molecule has 3 nitrogen and oxygen atoms in total. The summed E-state index contributed by atoms with van der Waals surface area (Å²) in [5.41, 5.74) is 0.191. The zero-order valence-corrected chi connectivity index (χ0v) is 13.7. The monoisotopic (exact) mass is 319 g/mol. The maximum absolute atomic E-state index is 12.5. The fourth-order valence-electron chi connectivity index (χ4n) is 4.27. The molecule has 3 aliphatic carbocycles. The summed E-state index contributed by atoms with van der Waals surface area (Å²) in [6, 6.07) is 0.304. The van der Waals surface area contributed by atoms with Crippen molar-refractivity contribution in [3.8, 4) is 0 Å². The van der Waals surface area contributed by atoms with Crippen LogP contribution in [-0.2, 0) is 9.53 Å². The fraction of sp³-hybridized carbons (Fsp3) is 0.933. The Balaban J connectivity index is 1.69. The van der Waals surface area contributed by atoms with Crippen molar-refractivity contribution in [2.24, 2.45) is 11.3 Å². The van der Waals surface area contributed by atoms with E-state index >= 15 is 0 Å². The van der Waals surface area contributed by atoms with Crippen molar-refractivity contribution >= 4 is 29.1 Å². The van der Waals surface area contributed by atoms with Crippen molar-refractivity contribution < 1.29 is 9.53 Å². The van der Waals surface area contributed by atoms with Gasteiger partial charge in [0.25, 0.3) is 0 Å². The lowest BCUT2D eigenvalue weighted by Crippen LogP contribution is -2.64. The Labute approximate surface area is 130 Å². The molecule has 0 N–H and O–H groups in total. The van der Waals surface area contributed by atoms with Gasteiger partial charge in [0.2, 0.25) is 5.91 Å². The molecule has 0 aromatic heterocycles. The average molecular weight is 320 g/mol. The van der Waals surface area contributed by atoms with Gasteiger partial charge in [-0.15, -0.1) is 23.2 Å². The van der Waals surface area contributed by atoms with Crippen molar-refractivity contribution in [1.82, 2.24) is 4.90 Å². The first kappa shape index (κ1) is 14.9. The highest BCUT2D eigenvalue weighted by molar-refractivity contribution is 6.52. The molecule has 3 saturated carbocycles. The minimum atomic E-state index is -0.822. The third kappa shape index (κ3) is 2.17. The van der Waals surface area contributed by atoms with Gasteiger partial charge in [-0.3, -0.25) is 4.79 Å². The molecule has 0 bridgehead atoms. The van der Waals surface area contributed by atoms with Gasteiger partial charge < -0.3 is 9.64 Å². The Hall–Kier alpha value is 0.01000. The number of halogens is 2. The van der Waals surface area contributed by atoms with Gasteiger partial charge in [-0.1, -0.05) is 12.8 Å². The molecule has 20 heavy (non-hydrogen) atoms. The molecule has 0 aromatic rings. The van der Waals surface area contributed by atoms with E-state index in [2.05, 4.69) is 0 Å². The SMILES string of the molecule is CCO[C@@H]1C[C@@H](N(C)C(=O)[C@H]2CC2(Cl)Cl)C12CCCC2. The van der Waals surface area contributed by atoms with E-state index in [0.29, 0.717) is 18.6 Å². The summed E-state index contributed by atoms with van der Waals surface area (Å²) in [6.07, 6.45) is 6.73. The number of carbonyl (C=O) groups is 1. The molecule has 114 valence electrons. The molecule has 3 aliphatic rings. The topological polar surface area (TPSA) is 29.5 Å². The predicted molar refractivity (Wildman–Crippen MR) is 80.0 cm³/mol. The van der Waals surface area contributed by atoms with E-state index in [0.717, 1.165) is 13.0 Å². The highest BCUT2D eigenvalue weighted by atomic mass is 35.5. The van der Waals surface area contributed by atoms with Crippen LogP contribution in [0, 0.1) is 11.3 Å². The molecule has 3 fully saturated rings. The average Bonchev–Trinajstić information content (AvgIpc) is 2.83. The first-order valence-corrected chi connectivity index (χ1v) is 8.44. The predicted octanol–water partition coefficient (Wildman–Crippen LogP) is 3.38. The van der Waals surface area contributed by atoms with Crippen LogP contribution < -0.4 is 0 Å². The molecule has 1 spiro atoms. The Bertz CT molecular complexity index is 407. The summed E-state index contributed by atoms with van der Waals surface area (Å²) < 4.78 is 5.08. The van der Waals surface area contributed by atoms with E-state index in [1.54, 1.807) is 0 Å². The molecule has 0 saturated heterocycles. The highest BCUT2D eigenvalue weighted by Crippen LogP contribution is 2.58. The number of hydrogen-bond acceptors (Lipinski definition) is 2. The molecule has 0 aliphatic heterocycles. The molecular weight excluding hydrogens is 297 g/mol. The number of nitrogens with zero attached hydrogens (tertiary/aromatic N) is 1. The fourth-order valence-corrected chi connectivity index (χ4v) is 4.77. The van der Waals surface area contributed by atoms with Crippen molar-refractivity contribution in [2.75, 3.05) is 13.7 Å². The van der Waals surface area contributed by atoms with E-state index in [9.17, 15) is 4.79 Å².